The van der Waals surface area contributed by atoms with Crippen molar-refractivity contribution in [1.82, 2.24) is 4.90 Å². The van der Waals surface area contributed by atoms with Crippen molar-refractivity contribution in [1.29, 1.82) is 5.26 Å². The lowest BCUT2D eigenvalue weighted by atomic mass is 9.84. The monoisotopic (exact) mass is 210 g/mol. The van der Waals surface area contributed by atoms with Gasteiger partial charge >= 0.3 is 0 Å². The summed E-state index contributed by atoms with van der Waals surface area (Å²) in [5.74, 6) is 0.206. The second-order valence-electron chi connectivity index (χ2n) is 4.29. The van der Waals surface area contributed by atoms with Gasteiger partial charge in [-0.25, -0.2) is 0 Å². The number of hydrogen-bond acceptors (Lipinski definition) is 3. The van der Waals surface area contributed by atoms with Gasteiger partial charge in [-0.1, -0.05) is 19.8 Å². The summed E-state index contributed by atoms with van der Waals surface area (Å²) in [6.45, 7) is 4.31. The van der Waals surface area contributed by atoms with Gasteiger partial charge < -0.3 is 5.11 Å². The van der Waals surface area contributed by atoms with Crippen LogP contribution in [0.15, 0.2) is 0 Å². The van der Waals surface area contributed by atoms with Gasteiger partial charge in [0.05, 0.1) is 12.0 Å². The molecule has 2 unspecified atom stereocenters. The summed E-state index contributed by atoms with van der Waals surface area (Å²) in [4.78, 5) is 2.36. The first-order valence-corrected chi connectivity index (χ1v) is 6.08. The Morgan fingerprint density at radius 3 is 2.73 bits per heavy atom. The normalized spacial score (nSPS) is 26.5. The smallest absolute Gasteiger partial charge is 0.0672 e. The third-order valence-electron chi connectivity index (χ3n) is 3.37. The van der Waals surface area contributed by atoms with Crippen LogP contribution in [-0.2, 0) is 0 Å². The summed E-state index contributed by atoms with van der Waals surface area (Å²) in [7, 11) is 0. The minimum Gasteiger partial charge on any atom is -0.396 e. The minimum absolute atomic E-state index is 0.206. The predicted octanol–water partition coefficient (Wildman–Crippen LogP) is 1.77. The van der Waals surface area contributed by atoms with E-state index in [0.717, 1.165) is 32.4 Å². The molecule has 1 N–H and O–H groups in total. The van der Waals surface area contributed by atoms with E-state index in [-0.39, 0.29) is 12.5 Å². The largest absolute Gasteiger partial charge is 0.396 e. The molecule has 0 bridgehead atoms. The highest BCUT2D eigenvalue weighted by atomic mass is 16.3. The van der Waals surface area contributed by atoms with Crippen molar-refractivity contribution < 1.29 is 5.11 Å². The molecule has 1 aliphatic carbocycles. The van der Waals surface area contributed by atoms with Crippen LogP contribution in [0.2, 0.25) is 0 Å². The van der Waals surface area contributed by atoms with Gasteiger partial charge in [-0.3, -0.25) is 4.90 Å². The molecule has 3 nitrogen and oxygen atoms in total. The van der Waals surface area contributed by atoms with Crippen molar-refractivity contribution in [3.05, 3.63) is 0 Å². The van der Waals surface area contributed by atoms with E-state index in [1.807, 2.05) is 0 Å². The van der Waals surface area contributed by atoms with Crippen molar-refractivity contribution in [3.63, 3.8) is 0 Å². The molecule has 2 atom stereocenters. The van der Waals surface area contributed by atoms with Crippen LogP contribution in [0.4, 0.5) is 0 Å². The van der Waals surface area contributed by atoms with E-state index in [1.54, 1.807) is 0 Å². The summed E-state index contributed by atoms with van der Waals surface area (Å²) in [5.41, 5.74) is 0. The van der Waals surface area contributed by atoms with Crippen LogP contribution in [0.1, 0.15) is 39.0 Å². The van der Waals surface area contributed by atoms with E-state index in [2.05, 4.69) is 17.9 Å². The summed E-state index contributed by atoms with van der Waals surface area (Å²) >= 11 is 0. The van der Waals surface area contributed by atoms with Crippen LogP contribution in [-0.4, -0.2) is 35.7 Å². The maximum Gasteiger partial charge on any atom is 0.0672 e. The molecule has 0 aromatic heterocycles. The molecule has 1 rings (SSSR count). The van der Waals surface area contributed by atoms with Gasteiger partial charge in [0.2, 0.25) is 0 Å². The molecule has 1 fully saturated rings. The Labute approximate surface area is 92.7 Å². The van der Waals surface area contributed by atoms with Crippen LogP contribution in [0.5, 0.6) is 0 Å². The van der Waals surface area contributed by atoms with E-state index in [9.17, 15) is 0 Å². The fourth-order valence-corrected chi connectivity index (χ4v) is 2.53. The third kappa shape index (κ3) is 3.48. The van der Waals surface area contributed by atoms with Crippen molar-refractivity contribution in [2.45, 2.75) is 45.1 Å². The van der Waals surface area contributed by atoms with Crippen LogP contribution < -0.4 is 0 Å². The maximum atomic E-state index is 9.11. The minimum atomic E-state index is 0.206. The number of aliphatic hydroxyl groups is 1. The Bertz CT molecular complexity index is 212. The molecule has 0 aromatic rings. The Morgan fingerprint density at radius 1 is 1.40 bits per heavy atom. The van der Waals surface area contributed by atoms with Gasteiger partial charge in [-0.2, -0.15) is 5.26 Å². The molecule has 0 radical (unpaired) electrons. The molecular formula is C12H22N2O. The Morgan fingerprint density at radius 2 is 2.13 bits per heavy atom. The van der Waals surface area contributed by atoms with Crippen molar-refractivity contribution in [2.24, 2.45) is 5.92 Å². The van der Waals surface area contributed by atoms with E-state index in [1.165, 1.54) is 12.8 Å². The molecule has 86 valence electrons. The van der Waals surface area contributed by atoms with E-state index in [4.69, 9.17) is 10.4 Å². The standard InChI is InChI=1S/C12H22N2O/c1-2-14(8-5-9-15)12-7-4-3-6-11(12)10-13/h11-12,15H,2-9H2,1H3. The molecule has 15 heavy (non-hydrogen) atoms. The second kappa shape index (κ2) is 6.81. The highest BCUT2D eigenvalue weighted by Gasteiger charge is 2.28. The predicted molar refractivity (Wildman–Crippen MR) is 60.3 cm³/mol. The molecule has 0 aliphatic heterocycles. The summed E-state index contributed by atoms with van der Waals surface area (Å²) < 4.78 is 0. The van der Waals surface area contributed by atoms with Gasteiger partial charge in [0.15, 0.2) is 0 Å². The van der Waals surface area contributed by atoms with Gasteiger partial charge in [-0.05, 0) is 25.8 Å². The second-order valence-corrected chi connectivity index (χ2v) is 4.29. The fraction of sp³-hybridized carbons (Fsp3) is 0.917. The lowest BCUT2D eigenvalue weighted by Gasteiger charge is -2.36. The number of hydrogen-bond donors (Lipinski definition) is 1. The molecule has 0 saturated heterocycles. The van der Waals surface area contributed by atoms with Gasteiger partial charge in [-0.15, -0.1) is 0 Å². The first kappa shape index (κ1) is 12.5. The van der Waals surface area contributed by atoms with Crippen LogP contribution >= 0.6 is 0 Å². The molecule has 1 aliphatic rings. The topological polar surface area (TPSA) is 47.3 Å². The van der Waals surface area contributed by atoms with Gasteiger partial charge in [0.25, 0.3) is 0 Å². The zero-order valence-electron chi connectivity index (χ0n) is 9.65. The molecule has 3 heteroatoms. The molecule has 0 heterocycles. The van der Waals surface area contributed by atoms with E-state index in [0.29, 0.717) is 6.04 Å². The zero-order chi connectivity index (χ0) is 11.1. The SMILES string of the molecule is CCN(CCCO)C1CCCCC1C#N. The van der Waals surface area contributed by atoms with Crippen LogP contribution in [0.25, 0.3) is 0 Å². The Balaban J connectivity index is 2.52. The molecular weight excluding hydrogens is 188 g/mol. The first-order chi connectivity index (χ1) is 7.33. The first-order valence-electron chi connectivity index (χ1n) is 6.08. The number of rotatable bonds is 5. The summed E-state index contributed by atoms with van der Waals surface area (Å²) in [6.07, 6.45) is 5.47. The quantitative estimate of drug-likeness (QED) is 0.752. The fourth-order valence-electron chi connectivity index (χ4n) is 2.53. The summed E-state index contributed by atoms with van der Waals surface area (Å²) in [5, 5.41) is 17.9. The maximum absolute atomic E-state index is 9.11. The number of aliphatic hydroxyl groups excluding tert-OH is 1. The van der Waals surface area contributed by atoms with Crippen LogP contribution in [0, 0.1) is 17.2 Å². The molecule has 0 aromatic carbocycles. The molecule has 0 spiro atoms. The van der Waals surface area contributed by atoms with E-state index >= 15 is 0 Å². The van der Waals surface area contributed by atoms with Crippen molar-refractivity contribution in [3.8, 4) is 6.07 Å². The number of nitrogens with zero attached hydrogens (tertiary/aromatic N) is 2. The van der Waals surface area contributed by atoms with Crippen molar-refractivity contribution in [2.75, 3.05) is 19.7 Å². The lowest BCUT2D eigenvalue weighted by molar-refractivity contribution is 0.123. The highest BCUT2D eigenvalue weighted by molar-refractivity contribution is 4.95. The van der Waals surface area contributed by atoms with Gasteiger partial charge in [0, 0.05) is 19.2 Å². The summed E-state index contributed by atoms with van der Waals surface area (Å²) in [6, 6.07) is 2.87. The average molecular weight is 210 g/mol. The average Bonchev–Trinajstić information content (AvgIpc) is 2.30. The van der Waals surface area contributed by atoms with Gasteiger partial charge in [0.1, 0.15) is 0 Å². The third-order valence-corrected chi connectivity index (χ3v) is 3.37. The lowest BCUT2D eigenvalue weighted by Crippen LogP contribution is -2.42. The molecule has 0 amide bonds. The van der Waals surface area contributed by atoms with E-state index < -0.39 is 0 Å². The highest BCUT2D eigenvalue weighted by Crippen LogP contribution is 2.27. The molecule has 1 saturated carbocycles. The van der Waals surface area contributed by atoms with Crippen molar-refractivity contribution >= 4 is 0 Å². The zero-order valence-corrected chi connectivity index (χ0v) is 9.65. The Kier molecular flexibility index (Phi) is 5.67. The number of nitriles is 1. The Hall–Kier alpha value is -0.590. The van der Waals surface area contributed by atoms with Crippen LogP contribution in [0.3, 0.4) is 0 Å².